The lowest BCUT2D eigenvalue weighted by atomic mass is 9.79. The van der Waals surface area contributed by atoms with Crippen LogP contribution < -0.4 is 5.46 Å². The van der Waals surface area contributed by atoms with Crippen molar-refractivity contribution in [2.45, 2.75) is 37.9 Å². The third kappa shape index (κ3) is 3.55. The first-order valence-electron chi connectivity index (χ1n) is 6.36. The summed E-state index contributed by atoms with van der Waals surface area (Å²) in [5, 5.41) is 20.1. The van der Waals surface area contributed by atoms with Crippen molar-refractivity contribution in [1.82, 2.24) is 0 Å². The van der Waals surface area contributed by atoms with Gasteiger partial charge in [0.15, 0.2) is 6.29 Å². The molecule has 6 heteroatoms. The zero-order chi connectivity index (χ0) is 13.8. The van der Waals surface area contributed by atoms with Gasteiger partial charge in [0.2, 0.25) is 0 Å². The number of rotatable bonds is 4. The van der Waals surface area contributed by atoms with Crippen molar-refractivity contribution in [2.24, 2.45) is 0 Å². The molecule has 1 heterocycles. The molecule has 1 aliphatic heterocycles. The molecule has 4 atom stereocenters. The quantitative estimate of drug-likeness (QED) is 0.745. The van der Waals surface area contributed by atoms with Gasteiger partial charge in [-0.15, -0.1) is 0 Å². The van der Waals surface area contributed by atoms with Gasteiger partial charge in [-0.3, -0.25) is 0 Å². The minimum Gasteiger partial charge on any atom is -0.423 e. The number of hydrogen-bond acceptors (Lipinski definition) is 5. The van der Waals surface area contributed by atoms with Crippen LogP contribution >= 0.6 is 0 Å². The van der Waals surface area contributed by atoms with Crippen molar-refractivity contribution < 1.29 is 24.3 Å². The summed E-state index contributed by atoms with van der Waals surface area (Å²) in [4.78, 5) is 0. The summed E-state index contributed by atoms with van der Waals surface area (Å²) in [6.45, 7) is 1.75. The molecule has 2 rings (SSSR count). The van der Waals surface area contributed by atoms with Gasteiger partial charge < -0.3 is 24.3 Å². The van der Waals surface area contributed by atoms with Crippen LogP contribution in [0.25, 0.3) is 0 Å². The first-order valence-corrected chi connectivity index (χ1v) is 6.36. The van der Waals surface area contributed by atoms with Crippen LogP contribution in [-0.4, -0.2) is 49.0 Å². The fraction of sp³-hybridized carbons (Fsp3) is 0.538. The predicted octanol–water partition coefficient (Wildman–Crippen LogP) is -0.0985. The highest BCUT2D eigenvalue weighted by Crippen LogP contribution is 2.23. The summed E-state index contributed by atoms with van der Waals surface area (Å²) in [5.74, 6) is 0. The maximum absolute atomic E-state index is 10.0. The second kappa shape index (κ2) is 6.50. The average molecular weight is 266 g/mol. The summed E-state index contributed by atoms with van der Waals surface area (Å²) in [7, 11) is 0.475. The molecule has 104 valence electrons. The van der Waals surface area contributed by atoms with Gasteiger partial charge in [-0.1, -0.05) is 30.3 Å². The van der Waals surface area contributed by atoms with Crippen molar-refractivity contribution in [2.75, 3.05) is 7.11 Å². The zero-order valence-electron chi connectivity index (χ0n) is 11.1. The molecule has 1 fully saturated rings. The van der Waals surface area contributed by atoms with Crippen molar-refractivity contribution >= 4 is 12.6 Å². The maximum atomic E-state index is 10.0. The Kier molecular flexibility index (Phi) is 4.96. The van der Waals surface area contributed by atoms with E-state index in [1.807, 2.05) is 18.2 Å². The van der Waals surface area contributed by atoms with Crippen molar-refractivity contribution in [3.63, 3.8) is 0 Å². The molecule has 0 amide bonds. The lowest BCUT2D eigenvalue weighted by Crippen LogP contribution is -2.52. The van der Waals surface area contributed by atoms with E-state index in [0.717, 1.165) is 0 Å². The molecule has 0 radical (unpaired) electrons. The Morgan fingerprint density at radius 3 is 2.63 bits per heavy atom. The lowest BCUT2D eigenvalue weighted by Gasteiger charge is -2.37. The van der Waals surface area contributed by atoms with E-state index in [-0.39, 0.29) is 0 Å². The van der Waals surface area contributed by atoms with E-state index in [1.54, 1.807) is 26.2 Å². The molecule has 0 saturated carbocycles. The second-order valence-electron chi connectivity index (χ2n) is 4.67. The fourth-order valence-corrected chi connectivity index (χ4v) is 2.16. The van der Waals surface area contributed by atoms with Gasteiger partial charge in [0, 0.05) is 13.5 Å². The number of methoxy groups -OCH3 is 1. The van der Waals surface area contributed by atoms with Crippen LogP contribution in [0.2, 0.25) is 0 Å². The average Bonchev–Trinajstić information content (AvgIpc) is 2.44. The molecule has 0 aromatic heterocycles. The molecule has 1 aromatic carbocycles. The number of benzene rings is 1. The van der Waals surface area contributed by atoms with Crippen LogP contribution in [0.1, 0.15) is 13.3 Å². The van der Waals surface area contributed by atoms with Gasteiger partial charge in [-0.2, -0.15) is 0 Å². The van der Waals surface area contributed by atoms with E-state index in [9.17, 15) is 10.1 Å². The number of ether oxygens (including phenoxy) is 2. The third-order valence-corrected chi connectivity index (χ3v) is 3.30. The highest BCUT2D eigenvalue weighted by Gasteiger charge is 2.38. The summed E-state index contributed by atoms with van der Waals surface area (Å²) >= 11 is 0. The molecular formula is C13H19BO5. The molecule has 0 bridgehead atoms. The standard InChI is InChI=1S/C13H19BO5/c1-9-13(15)11(8-12(17-2)18-9)19-14(16)10-6-4-3-5-7-10/h3-7,9,11-13,15-16H,8H2,1-2H3/t9-,11-,12+,13-/m0/s1. The lowest BCUT2D eigenvalue weighted by molar-refractivity contribution is -0.234. The summed E-state index contributed by atoms with van der Waals surface area (Å²) in [6.07, 6.45) is -1.75. The van der Waals surface area contributed by atoms with Crippen molar-refractivity contribution in [3.8, 4) is 0 Å². The van der Waals surface area contributed by atoms with Crippen LogP contribution in [0.4, 0.5) is 0 Å². The maximum Gasteiger partial charge on any atom is 0.491 e. The van der Waals surface area contributed by atoms with Crippen LogP contribution in [-0.2, 0) is 14.1 Å². The van der Waals surface area contributed by atoms with Gasteiger partial charge in [0.1, 0.15) is 6.10 Å². The van der Waals surface area contributed by atoms with Gasteiger partial charge in [-0.25, -0.2) is 0 Å². The van der Waals surface area contributed by atoms with Crippen LogP contribution in [0.15, 0.2) is 30.3 Å². The smallest absolute Gasteiger partial charge is 0.423 e. The van der Waals surface area contributed by atoms with E-state index < -0.39 is 31.7 Å². The van der Waals surface area contributed by atoms with Gasteiger partial charge in [0.25, 0.3) is 0 Å². The number of aliphatic hydroxyl groups excluding tert-OH is 1. The summed E-state index contributed by atoms with van der Waals surface area (Å²) in [5.41, 5.74) is 0.655. The Bertz CT molecular complexity index is 388. The molecule has 0 spiro atoms. The Morgan fingerprint density at radius 2 is 2.00 bits per heavy atom. The van der Waals surface area contributed by atoms with Crippen molar-refractivity contribution in [3.05, 3.63) is 30.3 Å². The first kappa shape index (κ1) is 14.5. The second-order valence-corrected chi connectivity index (χ2v) is 4.67. The molecule has 19 heavy (non-hydrogen) atoms. The largest absolute Gasteiger partial charge is 0.491 e. The molecule has 0 unspecified atom stereocenters. The van der Waals surface area contributed by atoms with Crippen LogP contribution in [0.3, 0.4) is 0 Å². The fourth-order valence-electron chi connectivity index (χ4n) is 2.16. The summed E-state index contributed by atoms with van der Waals surface area (Å²) < 4.78 is 16.1. The Morgan fingerprint density at radius 1 is 1.32 bits per heavy atom. The highest BCUT2D eigenvalue weighted by atomic mass is 16.7. The van der Waals surface area contributed by atoms with E-state index in [1.165, 1.54) is 0 Å². The molecule has 5 nitrogen and oxygen atoms in total. The molecule has 1 aromatic rings. The predicted molar refractivity (Wildman–Crippen MR) is 70.9 cm³/mol. The molecule has 2 N–H and O–H groups in total. The van der Waals surface area contributed by atoms with Crippen molar-refractivity contribution in [1.29, 1.82) is 0 Å². The SMILES string of the molecule is CO[C@H]1C[C@H](OB(O)c2ccccc2)[C@@H](O)[C@H](C)O1. The van der Waals surface area contributed by atoms with E-state index in [4.69, 9.17) is 14.1 Å². The minimum absolute atomic E-state index is 0.381. The Hall–Kier alpha value is -0.915. The highest BCUT2D eigenvalue weighted by molar-refractivity contribution is 6.60. The Balaban J connectivity index is 2.00. The number of aliphatic hydroxyl groups is 1. The third-order valence-electron chi connectivity index (χ3n) is 3.30. The normalized spacial score (nSPS) is 31.2. The number of hydrogen-bond donors (Lipinski definition) is 2. The molecule has 1 saturated heterocycles. The van der Waals surface area contributed by atoms with Crippen LogP contribution in [0.5, 0.6) is 0 Å². The van der Waals surface area contributed by atoms with Gasteiger partial charge in [0.05, 0.1) is 12.2 Å². The zero-order valence-corrected chi connectivity index (χ0v) is 11.1. The van der Waals surface area contributed by atoms with E-state index in [2.05, 4.69) is 0 Å². The van der Waals surface area contributed by atoms with Gasteiger partial charge in [-0.05, 0) is 12.4 Å². The Labute approximate surface area is 113 Å². The van der Waals surface area contributed by atoms with E-state index >= 15 is 0 Å². The molecule has 0 aliphatic carbocycles. The molecular weight excluding hydrogens is 247 g/mol. The molecule has 1 aliphatic rings. The van der Waals surface area contributed by atoms with Gasteiger partial charge >= 0.3 is 7.12 Å². The monoisotopic (exact) mass is 266 g/mol. The minimum atomic E-state index is -1.07. The topological polar surface area (TPSA) is 68.2 Å². The van der Waals surface area contributed by atoms with E-state index in [0.29, 0.717) is 11.9 Å². The first-order chi connectivity index (χ1) is 9.11. The van der Waals surface area contributed by atoms with Crippen LogP contribution in [0, 0.1) is 0 Å². The summed E-state index contributed by atoms with van der Waals surface area (Å²) in [6, 6.07) is 9.05.